The Morgan fingerprint density at radius 1 is 1.11 bits per heavy atom. The van der Waals surface area contributed by atoms with Crippen LogP contribution in [0.2, 0.25) is 5.02 Å². The van der Waals surface area contributed by atoms with E-state index in [0.29, 0.717) is 11.8 Å². The van der Waals surface area contributed by atoms with Gasteiger partial charge in [-0.25, -0.2) is 4.39 Å². The van der Waals surface area contributed by atoms with Crippen LogP contribution in [0.5, 0.6) is 11.5 Å². The van der Waals surface area contributed by atoms with Gasteiger partial charge in [-0.1, -0.05) is 11.6 Å². The van der Waals surface area contributed by atoms with E-state index in [1.165, 1.54) is 18.2 Å². The Kier molecular flexibility index (Phi) is 7.10. The molecule has 0 spiro atoms. The molecule has 3 N–H and O–H groups in total. The highest BCUT2D eigenvalue weighted by atomic mass is 35.5. The molecule has 3 aliphatic carbocycles. The molecule has 2 bridgehead atoms. The van der Waals surface area contributed by atoms with Crippen molar-refractivity contribution in [2.24, 2.45) is 0 Å². The van der Waals surface area contributed by atoms with Gasteiger partial charge in [-0.3, -0.25) is 14.6 Å². The molecule has 36 heavy (non-hydrogen) atoms. The van der Waals surface area contributed by atoms with Crippen molar-refractivity contribution in [2.45, 2.75) is 37.1 Å². The summed E-state index contributed by atoms with van der Waals surface area (Å²) in [5.74, 6) is -1.85. The molecule has 2 aromatic rings. The lowest BCUT2D eigenvalue weighted by atomic mass is 9.62. The van der Waals surface area contributed by atoms with E-state index in [-0.39, 0.29) is 35.8 Å². The van der Waals surface area contributed by atoms with E-state index in [4.69, 9.17) is 21.1 Å². The zero-order chi connectivity index (χ0) is 26.1. The van der Waals surface area contributed by atoms with Crippen LogP contribution in [-0.4, -0.2) is 46.8 Å². The van der Waals surface area contributed by atoms with Gasteiger partial charge < -0.3 is 25.2 Å². The van der Waals surface area contributed by atoms with Crippen molar-refractivity contribution in [3.05, 3.63) is 64.3 Å². The predicted octanol–water partition coefficient (Wildman–Crippen LogP) is 3.13. The highest BCUT2D eigenvalue weighted by molar-refractivity contribution is 6.30. The number of hydrogen-bond acceptors (Lipinski definition) is 6. The Hall–Kier alpha value is -3.38. The third kappa shape index (κ3) is 5.71. The Balaban J connectivity index is 1.27. The fraction of sp³-hybridized carbons (Fsp3) is 0.348. The number of ether oxygens (including phenoxy) is 2. The molecule has 13 heteroatoms. The number of fused-ring (bicyclic) bond motifs is 2. The van der Waals surface area contributed by atoms with E-state index in [1.54, 1.807) is 0 Å². The van der Waals surface area contributed by atoms with Gasteiger partial charge in [0.25, 0.3) is 11.8 Å². The molecule has 3 aliphatic rings. The summed E-state index contributed by atoms with van der Waals surface area (Å²) in [6, 6.07) is 5.66. The molecule has 1 fully saturated rings. The molecule has 192 valence electrons. The minimum Gasteiger partial charge on any atom is -0.484 e. The van der Waals surface area contributed by atoms with Crippen LogP contribution in [-0.2, 0) is 15.8 Å². The fourth-order valence-electron chi connectivity index (χ4n) is 4.04. The number of nitrogens with one attached hydrogen (secondary N) is 2. The van der Waals surface area contributed by atoms with Crippen LogP contribution in [0.4, 0.5) is 17.6 Å². The first kappa shape index (κ1) is 25.7. The second-order valence-electron chi connectivity index (χ2n) is 8.44. The van der Waals surface area contributed by atoms with Crippen molar-refractivity contribution in [2.75, 3.05) is 13.2 Å². The minimum atomic E-state index is -4.64. The molecule has 2 amide bonds. The standard InChI is InChI=1S/C23H20ClF4N3O5/c24-15-2-1-13(5-16(15)25)35-10-20(33)30-17-7-19(32)22(8-12(17)9-22)31-21(34)11-36-14-3-4-29-18(6-14)23(26,27)28/h1-6,19,32H,7-11H2,(H,30,33)(H,31,34). The SMILES string of the molecule is O=C(COc1ccc(Cl)c(F)c1)NC1=C2CC(NC(=O)COc3ccnc(C(F)(F)F)c3)(C2)C(O)C1. The van der Waals surface area contributed by atoms with Gasteiger partial charge in [0.1, 0.15) is 23.0 Å². The van der Waals surface area contributed by atoms with Crippen molar-refractivity contribution in [3.8, 4) is 11.5 Å². The van der Waals surface area contributed by atoms with Gasteiger partial charge >= 0.3 is 6.18 Å². The van der Waals surface area contributed by atoms with Crippen molar-refractivity contribution >= 4 is 23.4 Å². The number of carbonyl (C=O) groups is 2. The fourth-order valence-corrected chi connectivity index (χ4v) is 4.16. The predicted molar refractivity (Wildman–Crippen MR) is 118 cm³/mol. The van der Waals surface area contributed by atoms with E-state index in [0.717, 1.165) is 17.8 Å². The largest absolute Gasteiger partial charge is 0.484 e. The van der Waals surface area contributed by atoms with Crippen LogP contribution in [0.1, 0.15) is 25.0 Å². The molecule has 0 radical (unpaired) electrons. The van der Waals surface area contributed by atoms with Crippen molar-refractivity contribution in [3.63, 3.8) is 0 Å². The van der Waals surface area contributed by atoms with E-state index < -0.39 is 54.4 Å². The minimum absolute atomic E-state index is 0.0665. The lowest BCUT2D eigenvalue weighted by Gasteiger charge is -2.52. The lowest BCUT2D eigenvalue weighted by molar-refractivity contribution is -0.141. The number of pyridine rings is 1. The summed E-state index contributed by atoms with van der Waals surface area (Å²) in [5, 5.41) is 15.9. The van der Waals surface area contributed by atoms with Crippen LogP contribution in [0.15, 0.2) is 47.8 Å². The summed E-state index contributed by atoms with van der Waals surface area (Å²) < 4.78 is 62.1. The summed E-state index contributed by atoms with van der Waals surface area (Å²) in [4.78, 5) is 27.8. The highest BCUT2D eigenvalue weighted by Gasteiger charge is 2.52. The summed E-state index contributed by atoms with van der Waals surface area (Å²) in [6.45, 7) is -0.945. The smallest absolute Gasteiger partial charge is 0.433 e. The number of aliphatic hydroxyl groups excluding tert-OH is 1. The third-order valence-electron chi connectivity index (χ3n) is 5.85. The monoisotopic (exact) mass is 529 g/mol. The first-order valence-corrected chi connectivity index (χ1v) is 11.1. The average Bonchev–Trinajstić information content (AvgIpc) is 2.79. The number of alkyl halides is 3. The quantitative estimate of drug-likeness (QED) is 0.453. The molecular weight excluding hydrogens is 510 g/mol. The van der Waals surface area contributed by atoms with Crippen LogP contribution in [0.25, 0.3) is 0 Å². The number of hydrogen-bond donors (Lipinski definition) is 3. The van der Waals surface area contributed by atoms with Crippen molar-refractivity contribution in [1.29, 1.82) is 0 Å². The van der Waals surface area contributed by atoms with Gasteiger partial charge in [0.15, 0.2) is 13.2 Å². The first-order chi connectivity index (χ1) is 16.9. The Morgan fingerprint density at radius 2 is 1.78 bits per heavy atom. The van der Waals surface area contributed by atoms with Gasteiger partial charge in [-0.2, -0.15) is 13.2 Å². The van der Waals surface area contributed by atoms with E-state index in [9.17, 15) is 32.3 Å². The number of carbonyl (C=O) groups excluding carboxylic acids is 2. The maximum absolute atomic E-state index is 13.5. The Bertz CT molecular complexity index is 1210. The summed E-state index contributed by atoms with van der Waals surface area (Å²) in [6.07, 6.45) is -4.10. The number of amides is 2. The van der Waals surface area contributed by atoms with Gasteiger partial charge in [0.05, 0.1) is 16.7 Å². The Labute approximate surface area is 207 Å². The zero-order valence-corrected chi connectivity index (χ0v) is 19.3. The van der Waals surface area contributed by atoms with Gasteiger partial charge in [0.2, 0.25) is 0 Å². The molecule has 1 atom stereocenters. The number of rotatable bonds is 8. The van der Waals surface area contributed by atoms with E-state index in [2.05, 4.69) is 15.6 Å². The summed E-state index contributed by atoms with van der Waals surface area (Å²) >= 11 is 5.60. The van der Waals surface area contributed by atoms with Crippen molar-refractivity contribution < 1.29 is 41.7 Å². The maximum Gasteiger partial charge on any atom is 0.433 e. The normalized spacial score (nSPS) is 20.9. The molecule has 1 aromatic carbocycles. The van der Waals surface area contributed by atoms with Crippen LogP contribution in [0, 0.1) is 5.82 Å². The van der Waals surface area contributed by atoms with Crippen LogP contribution < -0.4 is 20.1 Å². The van der Waals surface area contributed by atoms with Gasteiger partial charge in [0, 0.05) is 30.4 Å². The molecule has 8 nitrogen and oxygen atoms in total. The number of aromatic nitrogens is 1. The molecule has 1 heterocycles. The maximum atomic E-state index is 13.5. The highest BCUT2D eigenvalue weighted by Crippen LogP contribution is 2.47. The van der Waals surface area contributed by atoms with Gasteiger partial charge in [-0.15, -0.1) is 0 Å². The topological polar surface area (TPSA) is 110 Å². The first-order valence-electron chi connectivity index (χ1n) is 10.7. The van der Waals surface area contributed by atoms with Crippen LogP contribution >= 0.6 is 11.6 Å². The molecular formula is C23H20ClF4N3O5. The molecule has 1 aromatic heterocycles. The molecule has 5 rings (SSSR count). The molecule has 1 unspecified atom stereocenters. The number of aliphatic hydroxyl groups is 1. The van der Waals surface area contributed by atoms with Crippen molar-refractivity contribution in [1.82, 2.24) is 15.6 Å². The molecule has 1 saturated carbocycles. The van der Waals surface area contributed by atoms with E-state index in [1.807, 2.05) is 0 Å². The summed E-state index contributed by atoms with van der Waals surface area (Å²) in [5.41, 5.74) is -0.745. The molecule has 0 saturated heterocycles. The average molecular weight is 530 g/mol. The zero-order valence-electron chi connectivity index (χ0n) is 18.5. The number of halogens is 5. The Morgan fingerprint density at radius 3 is 2.42 bits per heavy atom. The van der Waals surface area contributed by atoms with E-state index >= 15 is 0 Å². The number of benzene rings is 1. The third-order valence-corrected chi connectivity index (χ3v) is 6.16. The van der Waals surface area contributed by atoms with Crippen LogP contribution in [0.3, 0.4) is 0 Å². The summed E-state index contributed by atoms with van der Waals surface area (Å²) in [7, 11) is 0. The number of nitrogens with zero attached hydrogens (tertiary/aromatic N) is 1. The van der Waals surface area contributed by atoms with Gasteiger partial charge in [-0.05, 0) is 36.6 Å². The molecule has 0 aliphatic heterocycles. The second-order valence-corrected chi connectivity index (χ2v) is 8.84. The second kappa shape index (κ2) is 9.94. The lowest BCUT2D eigenvalue weighted by Crippen LogP contribution is -2.65.